The first-order valence-corrected chi connectivity index (χ1v) is 9.90. The number of aromatic nitrogens is 4. The predicted octanol–water partition coefficient (Wildman–Crippen LogP) is 3.48. The Hall–Kier alpha value is -3.81. The van der Waals surface area contributed by atoms with Crippen LogP contribution in [0.5, 0.6) is 0 Å². The minimum atomic E-state index is -0.436. The van der Waals surface area contributed by atoms with Crippen molar-refractivity contribution in [3.05, 3.63) is 77.4 Å². The number of carbonyl (C=O) groups is 1. The Morgan fingerprint density at radius 1 is 1.35 bits per heavy atom. The molecule has 0 atom stereocenters. The van der Waals surface area contributed by atoms with Gasteiger partial charge in [-0.05, 0) is 37.6 Å². The first kappa shape index (κ1) is 20.5. The summed E-state index contributed by atoms with van der Waals surface area (Å²) < 4.78 is 17.1. The van der Waals surface area contributed by atoms with Crippen molar-refractivity contribution in [2.24, 2.45) is 7.05 Å². The van der Waals surface area contributed by atoms with Gasteiger partial charge in [0.15, 0.2) is 0 Å². The minimum Gasteiger partial charge on any atom is -0.383 e. The van der Waals surface area contributed by atoms with Crippen LogP contribution in [0.2, 0.25) is 0 Å². The molecule has 0 saturated heterocycles. The average Bonchev–Trinajstić information content (AvgIpc) is 3.30. The number of rotatable bonds is 5. The maximum absolute atomic E-state index is 15.3. The molecule has 0 saturated carbocycles. The average molecular weight is 418 g/mol. The molecule has 2 N–H and O–H groups in total. The Labute approximate surface area is 179 Å². The quantitative estimate of drug-likeness (QED) is 0.685. The molecule has 4 rings (SSSR count). The Morgan fingerprint density at radius 2 is 2.16 bits per heavy atom. The Kier molecular flexibility index (Phi) is 5.37. The molecule has 31 heavy (non-hydrogen) atoms. The number of hydrogen-bond acceptors (Lipinski definition) is 5. The lowest BCUT2D eigenvalue weighted by Gasteiger charge is -2.18. The van der Waals surface area contributed by atoms with E-state index in [0.29, 0.717) is 46.5 Å². The van der Waals surface area contributed by atoms with Crippen molar-refractivity contribution in [2.75, 3.05) is 12.3 Å². The fourth-order valence-electron chi connectivity index (χ4n) is 3.92. The monoisotopic (exact) mass is 418 g/mol. The first-order chi connectivity index (χ1) is 14.9. The number of hydrogen-bond donors (Lipinski definition) is 1. The van der Waals surface area contributed by atoms with Gasteiger partial charge < -0.3 is 15.2 Å². The number of amides is 1. The van der Waals surface area contributed by atoms with E-state index in [1.165, 1.54) is 18.5 Å². The molecule has 0 bridgehead atoms. The number of aryl methyl sites for hydroxylation is 2. The van der Waals surface area contributed by atoms with Gasteiger partial charge in [0.05, 0.1) is 11.8 Å². The number of nitrogens with two attached hydrogens (primary N) is 1. The van der Waals surface area contributed by atoms with Crippen LogP contribution in [0, 0.1) is 6.92 Å². The smallest absolute Gasteiger partial charge is 0.233 e. The molecule has 8 heteroatoms. The molecular formula is C23H23FN6O. The lowest BCUT2D eigenvalue weighted by Crippen LogP contribution is -2.29. The first-order valence-electron chi connectivity index (χ1n) is 9.90. The molecule has 0 unspecified atom stereocenters. The van der Waals surface area contributed by atoms with Crippen molar-refractivity contribution in [1.29, 1.82) is 0 Å². The van der Waals surface area contributed by atoms with Gasteiger partial charge >= 0.3 is 0 Å². The van der Waals surface area contributed by atoms with E-state index in [1.54, 1.807) is 15.7 Å². The van der Waals surface area contributed by atoms with Crippen LogP contribution < -0.4 is 5.73 Å². The van der Waals surface area contributed by atoms with Crippen molar-refractivity contribution in [3.8, 4) is 0 Å². The number of nitrogen functional groups attached to an aromatic ring is 1. The molecule has 0 radical (unpaired) electrons. The van der Waals surface area contributed by atoms with Crippen LogP contribution in [0.1, 0.15) is 23.4 Å². The van der Waals surface area contributed by atoms with E-state index in [-0.39, 0.29) is 18.1 Å². The van der Waals surface area contributed by atoms with Crippen LogP contribution in [-0.2, 0) is 18.3 Å². The summed E-state index contributed by atoms with van der Waals surface area (Å²) >= 11 is 0. The number of pyridine rings is 1. The highest BCUT2D eigenvalue weighted by molar-refractivity contribution is 5.95. The van der Waals surface area contributed by atoms with Gasteiger partial charge in [0.2, 0.25) is 5.91 Å². The standard InChI is InChI=1S/C23H23FN6O/c1-4-19-17(8-9-30(19)20(31)11-16-7-5-6-14(2)28-16)18(24)10-15-12-29(3)23-21(15)22(25)26-13-27-23/h4-7,10,12-13H,1,8-9,11H2,2-3H3,(H2,25,26,27)/b18-10-. The van der Waals surface area contributed by atoms with Gasteiger partial charge in [-0.1, -0.05) is 12.6 Å². The lowest BCUT2D eigenvalue weighted by molar-refractivity contribution is -0.128. The Bertz CT molecular complexity index is 1260. The van der Waals surface area contributed by atoms with Gasteiger partial charge in [0.25, 0.3) is 0 Å². The number of nitrogens with zero attached hydrogens (tertiary/aromatic N) is 5. The summed E-state index contributed by atoms with van der Waals surface area (Å²) in [5.74, 6) is -0.287. The Morgan fingerprint density at radius 3 is 2.90 bits per heavy atom. The molecular weight excluding hydrogens is 395 g/mol. The van der Waals surface area contributed by atoms with Crippen LogP contribution in [0.25, 0.3) is 17.1 Å². The fraction of sp³-hybridized carbons (Fsp3) is 0.217. The second kappa shape index (κ2) is 8.14. The van der Waals surface area contributed by atoms with E-state index < -0.39 is 5.83 Å². The molecule has 0 spiro atoms. The zero-order valence-corrected chi connectivity index (χ0v) is 17.5. The highest BCUT2D eigenvalue weighted by Crippen LogP contribution is 2.33. The molecule has 158 valence electrons. The van der Waals surface area contributed by atoms with Crippen molar-refractivity contribution < 1.29 is 9.18 Å². The van der Waals surface area contributed by atoms with E-state index in [1.807, 2.05) is 32.2 Å². The molecule has 3 aromatic heterocycles. The van der Waals surface area contributed by atoms with Gasteiger partial charge in [0.1, 0.15) is 23.6 Å². The Balaban J connectivity index is 1.66. The number of anilines is 1. The summed E-state index contributed by atoms with van der Waals surface area (Å²) in [6, 6.07) is 5.56. The maximum atomic E-state index is 15.3. The summed E-state index contributed by atoms with van der Waals surface area (Å²) in [6.07, 6.45) is 6.62. The van der Waals surface area contributed by atoms with Crippen molar-refractivity contribution >= 4 is 28.8 Å². The lowest BCUT2D eigenvalue weighted by atomic mass is 10.1. The fourth-order valence-corrected chi connectivity index (χ4v) is 3.92. The normalized spacial score (nSPS) is 14.5. The summed E-state index contributed by atoms with van der Waals surface area (Å²) in [5, 5.41) is 0.595. The van der Waals surface area contributed by atoms with E-state index >= 15 is 4.39 Å². The van der Waals surface area contributed by atoms with E-state index in [9.17, 15) is 4.79 Å². The third-order valence-electron chi connectivity index (χ3n) is 5.34. The summed E-state index contributed by atoms with van der Waals surface area (Å²) in [4.78, 5) is 27.0. The van der Waals surface area contributed by atoms with Gasteiger partial charge in [-0.2, -0.15) is 0 Å². The van der Waals surface area contributed by atoms with Gasteiger partial charge in [-0.15, -0.1) is 0 Å². The number of carbonyl (C=O) groups excluding carboxylic acids is 1. The van der Waals surface area contributed by atoms with E-state index in [0.717, 1.165) is 5.69 Å². The summed E-state index contributed by atoms with van der Waals surface area (Å²) in [7, 11) is 1.81. The van der Waals surface area contributed by atoms with Crippen LogP contribution in [-0.4, -0.2) is 36.9 Å². The molecule has 3 aromatic rings. The molecule has 1 amide bonds. The number of fused-ring (bicyclic) bond motifs is 1. The van der Waals surface area contributed by atoms with Crippen LogP contribution in [0.4, 0.5) is 10.2 Å². The highest BCUT2D eigenvalue weighted by Gasteiger charge is 2.28. The second-order valence-electron chi connectivity index (χ2n) is 7.46. The van der Waals surface area contributed by atoms with E-state index in [4.69, 9.17) is 5.73 Å². The molecule has 0 aliphatic carbocycles. The van der Waals surface area contributed by atoms with Crippen molar-refractivity contribution in [3.63, 3.8) is 0 Å². The van der Waals surface area contributed by atoms with Gasteiger partial charge in [-0.25, -0.2) is 14.4 Å². The minimum absolute atomic E-state index is 0.140. The zero-order valence-electron chi connectivity index (χ0n) is 17.5. The second-order valence-corrected chi connectivity index (χ2v) is 7.46. The third kappa shape index (κ3) is 3.84. The van der Waals surface area contributed by atoms with Gasteiger partial charge in [0, 0.05) is 48.0 Å². The van der Waals surface area contributed by atoms with Gasteiger partial charge in [-0.3, -0.25) is 9.78 Å². The molecule has 1 aliphatic rings. The molecule has 1 aliphatic heterocycles. The van der Waals surface area contributed by atoms with E-state index in [2.05, 4.69) is 21.5 Å². The predicted molar refractivity (Wildman–Crippen MR) is 118 cm³/mol. The third-order valence-corrected chi connectivity index (χ3v) is 5.34. The zero-order chi connectivity index (χ0) is 22.1. The summed E-state index contributed by atoms with van der Waals surface area (Å²) in [6.45, 7) is 6.07. The SMILES string of the molecule is C=CC1=C(/C(F)=C/c2cn(C)c3ncnc(N)c23)CCN1C(=O)Cc1cccc(C)n1. The van der Waals surface area contributed by atoms with Crippen molar-refractivity contribution in [2.45, 2.75) is 19.8 Å². The van der Waals surface area contributed by atoms with Crippen LogP contribution in [0.3, 0.4) is 0 Å². The molecule has 0 aromatic carbocycles. The summed E-state index contributed by atoms with van der Waals surface area (Å²) in [5.41, 5.74) is 9.65. The van der Waals surface area contributed by atoms with Crippen molar-refractivity contribution in [1.82, 2.24) is 24.4 Å². The maximum Gasteiger partial charge on any atom is 0.233 e. The van der Waals surface area contributed by atoms with Crippen LogP contribution in [0.15, 0.2) is 60.5 Å². The highest BCUT2D eigenvalue weighted by atomic mass is 19.1. The number of halogens is 1. The molecule has 4 heterocycles. The largest absolute Gasteiger partial charge is 0.383 e. The topological polar surface area (TPSA) is 89.9 Å². The number of allylic oxidation sites excluding steroid dienone is 2. The molecule has 0 fully saturated rings. The van der Waals surface area contributed by atoms with Crippen LogP contribution >= 0.6 is 0 Å². The molecule has 7 nitrogen and oxygen atoms in total.